The first-order chi connectivity index (χ1) is 13.7. The Morgan fingerprint density at radius 2 is 2.07 bits per heavy atom. The van der Waals surface area contributed by atoms with Crippen molar-refractivity contribution in [1.82, 2.24) is 15.3 Å². The first-order valence-corrected chi connectivity index (χ1v) is 10.5. The van der Waals surface area contributed by atoms with Gasteiger partial charge in [0.25, 0.3) is 0 Å². The van der Waals surface area contributed by atoms with Crippen LogP contribution in [-0.4, -0.2) is 41.1 Å². The number of aromatic nitrogens is 2. The molecule has 0 unspecified atom stereocenters. The zero-order chi connectivity index (χ0) is 19.1. The maximum Gasteiger partial charge on any atom is 0.223 e. The summed E-state index contributed by atoms with van der Waals surface area (Å²) in [5.41, 5.74) is 3.91. The maximum absolute atomic E-state index is 12.5. The number of ether oxygens (including phenoxy) is 1. The van der Waals surface area contributed by atoms with Gasteiger partial charge in [-0.3, -0.25) is 4.79 Å². The van der Waals surface area contributed by atoms with Crippen molar-refractivity contribution in [2.45, 2.75) is 31.9 Å². The Bertz CT molecular complexity index is 991. The smallest absolute Gasteiger partial charge is 0.223 e. The topological polar surface area (TPSA) is 67.4 Å². The zero-order valence-corrected chi connectivity index (χ0v) is 16.5. The van der Waals surface area contributed by atoms with Crippen molar-refractivity contribution in [3.8, 4) is 5.75 Å². The van der Waals surface area contributed by atoms with Crippen LogP contribution in [0.15, 0.2) is 42.0 Å². The van der Waals surface area contributed by atoms with Crippen molar-refractivity contribution < 1.29 is 9.53 Å². The molecule has 0 atom stereocenters. The van der Waals surface area contributed by atoms with Gasteiger partial charge in [0.2, 0.25) is 5.91 Å². The number of amides is 1. The highest BCUT2D eigenvalue weighted by Crippen LogP contribution is 2.35. The Morgan fingerprint density at radius 3 is 2.86 bits per heavy atom. The van der Waals surface area contributed by atoms with Crippen molar-refractivity contribution in [2.75, 3.05) is 18.0 Å². The van der Waals surface area contributed by atoms with Crippen molar-refractivity contribution in [3.63, 3.8) is 0 Å². The third kappa shape index (κ3) is 3.30. The molecule has 1 aliphatic carbocycles. The first kappa shape index (κ1) is 17.4. The van der Waals surface area contributed by atoms with E-state index in [1.165, 1.54) is 0 Å². The average Bonchev–Trinajstić information content (AvgIpc) is 3.11. The molecule has 2 aliphatic rings. The van der Waals surface area contributed by atoms with Crippen LogP contribution in [0.5, 0.6) is 5.75 Å². The number of aryl methyl sites for hydroxylation is 1. The molecule has 0 bridgehead atoms. The number of fused-ring (bicyclic) bond motifs is 1. The fourth-order valence-electron chi connectivity index (χ4n) is 3.73. The second-order valence-electron chi connectivity index (χ2n) is 7.67. The summed E-state index contributed by atoms with van der Waals surface area (Å²) in [5, 5.41) is 3.16. The van der Waals surface area contributed by atoms with E-state index in [2.05, 4.69) is 26.3 Å². The minimum Gasteiger partial charge on any atom is -0.488 e. The van der Waals surface area contributed by atoms with E-state index in [4.69, 9.17) is 4.74 Å². The minimum absolute atomic E-state index is 0.0474. The summed E-state index contributed by atoms with van der Waals surface area (Å²) in [7, 11) is 0. The van der Waals surface area contributed by atoms with Crippen LogP contribution in [0.1, 0.15) is 18.4 Å². The SMILES string of the molecule is Cc1ccc(N2CC(NC(=O)[C@H]3C[C@H](Oc4cccc5scnc45)C3)C2)nc1. The molecule has 5 rings (SSSR count). The van der Waals surface area contributed by atoms with Crippen LogP contribution >= 0.6 is 11.3 Å². The van der Waals surface area contributed by atoms with E-state index in [0.717, 1.165) is 53.3 Å². The van der Waals surface area contributed by atoms with E-state index >= 15 is 0 Å². The molecule has 1 saturated heterocycles. The molecule has 28 heavy (non-hydrogen) atoms. The third-order valence-corrected chi connectivity index (χ3v) is 6.32. The number of hydrogen-bond donors (Lipinski definition) is 1. The predicted molar refractivity (Wildman–Crippen MR) is 110 cm³/mol. The van der Waals surface area contributed by atoms with Gasteiger partial charge in [-0.15, -0.1) is 11.3 Å². The average molecular weight is 395 g/mol. The summed E-state index contributed by atoms with van der Waals surface area (Å²) in [5.74, 6) is 1.99. The normalized spacial score (nSPS) is 21.8. The number of carbonyl (C=O) groups is 1. The Kier molecular flexibility index (Phi) is 4.39. The van der Waals surface area contributed by atoms with Crippen molar-refractivity contribution >= 4 is 33.3 Å². The number of anilines is 1. The Morgan fingerprint density at radius 1 is 1.21 bits per heavy atom. The van der Waals surface area contributed by atoms with Crippen LogP contribution in [0.3, 0.4) is 0 Å². The quantitative estimate of drug-likeness (QED) is 0.720. The number of carbonyl (C=O) groups excluding carboxylic acids is 1. The number of hydrogen-bond acceptors (Lipinski definition) is 6. The van der Waals surface area contributed by atoms with Gasteiger partial charge in [-0.1, -0.05) is 12.1 Å². The van der Waals surface area contributed by atoms with Crippen LogP contribution < -0.4 is 15.0 Å². The largest absolute Gasteiger partial charge is 0.488 e. The Balaban J connectivity index is 1.08. The van der Waals surface area contributed by atoms with Gasteiger partial charge in [-0.25, -0.2) is 9.97 Å². The summed E-state index contributed by atoms with van der Waals surface area (Å²) < 4.78 is 7.21. The molecule has 1 amide bonds. The lowest BCUT2D eigenvalue weighted by Crippen LogP contribution is -2.61. The number of thiazole rings is 1. The lowest BCUT2D eigenvalue weighted by molar-refractivity contribution is -0.131. The number of nitrogens with one attached hydrogen (secondary N) is 1. The van der Waals surface area contributed by atoms with Gasteiger partial charge in [0.05, 0.1) is 16.3 Å². The highest BCUT2D eigenvalue weighted by atomic mass is 32.1. The number of benzene rings is 1. The lowest BCUT2D eigenvalue weighted by Gasteiger charge is -2.42. The number of rotatable bonds is 5. The van der Waals surface area contributed by atoms with E-state index in [1.807, 2.05) is 42.9 Å². The van der Waals surface area contributed by atoms with E-state index in [-0.39, 0.29) is 24.0 Å². The molecule has 7 heteroatoms. The monoisotopic (exact) mass is 394 g/mol. The van der Waals surface area contributed by atoms with Crippen molar-refractivity contribution in [1.29, 1.82) is 0 Å². The molecule has 1 saturated carbocycles. The van der Waals surface area contributed by atoms with Crippen molar-refractivity contribution in [3.05, 3.63) is 47.6 Å². The molecule has 1 aliphatic heterocycles. The summed E-state index contributed by atoms with van der Waals surface area (Å²) in [6.07, 6.45) is 3.50. The highest BCUT2D eigenvalue weighted by molar-refractivity contribution is 7.16. The zero-order valence-electron chi connectivity index (χ0n) is 15.7. The molecule has 3 heterocycles. The van der Waals surface area contributed by atoms with Crippen LogP contribution in [-0.2, 0) is 4.79 Å². The van der Waals surface area contributed by atoms with Crippen LogP contribution in [0.2, 0.25) is 0 Å². The second-order valence-corrected chi connectivity index (χ2v) is 8.55. The maximum atomic E-state index is 12.5. The Labute approximate surface area is 167 Å². The van der Waals surface area contributed by atoms with Crippen LogP contribution in [0.4, 0.5) is 5.82 Å². The molecule has 6 nitrogen and oxygen atoms in total. The molecule has 3 aromatic rings. The first-order valence-electron chi connectivity index (χ1n) is 9.62. The van der Waals surface area contributed by atoms with Gasteiger partial charge in [-0.2, -0.15) is 0 Å². The molecule has 144 valence electrons. The molecule has 1 N–H and O–H groups in total. The summed E-state index contributed by atoms with van der Waals surface area (Å²) in [4.78, 5) is 23.5. The molecular formula is C21H22N4O2S. The summed E-state index contributed by atoms with van der Waals surface area (Å²) in [6, 6.07) is 10.3. The molecule has 0 radical (unpaired) electrons. The lowest BCUT2D eigenvalue weighted by atomic mass is 9.81. The van der Waals surface area contributed by atoms with Crippen LogP contribution in [0, 0.1) is 12.8 Å². The van der Waals surface area contributed by atoms with E-state index < -0.39 is 0 Å². The predicted octanol–water partition coefficient (Wildman–Crippen LogP) is 3.16. The van der Waals surface area contributed by atoms with Gasteiger partial charge in [0.15, 0.2) is 0 Å². The highest BCUT2D eigenvalue weighted by Gasteiger charge is 2.38. The molecule has 2 fully saturated rings. The molecule has 0 spiro atoms. The van der Waals surface area contributed by atoms with Gasteiger partial charge in [0, 0.05) is 25.2 Å². The molecular weight excluding hydrogens is 372 g/mol. The molecule has 1 aromatic carbocycles. The standard InChI is InChI=1S/C21H22N4O2S/c1-13-5-6-19(22-9-13)25-10-15(11-25)24-21(26)14-7-16(8-14)27-17-3-2-4-18-20(17)23-12-28-18/h2-6,9,12,14-16H,7-8,10-11H2,1H3,(H,24,26)/t14-,16-. The molecule has 2 aromatic heterocycles. The van der Waals surface area contributed by atoms with Gasteiger partial charge in [0.1, 0.15) is 23.2 Å². The third-order valence-electron chi connectivity index (χ3n) is 5.53. The van der Waals surface area contributed by atoms with Gasteiger partial charge < -0.3 is 15.0 Å². The fraction of sp³-hybridized carbons (Fsp3) is 0.381. The van der Waals surface area contributed by atoms with E-state index in [9.17, 15) is 4.79 Å². The van der Waals surface area contributed by atoms with Gasteiger partial charge >= 0.3 is 0 Å². The number of nitrogens with zero attached hydrogens (tertiary/aromatic N) is 3. The summed E-state index contributed by atoms with van der Waals surface area (Å²) in [6.45, 7) is 3.67. The minimum atomic E-state index is 0.0474. The van der Waals surface area contributed by atoms with Gasteiger partial charge in [-0.05, 0) is 43.5 Å². The van der Waals surface area contributed by atoms with E-state index in [0.29, 0.717) is 0 Å². The van der Waals surface area contributed by atoms with Crippen molar-refractivity contribution in [2.24, 2.45) is 5.92 Å². The number of para-hydroxylation sites is 1. The summed E-state index contributed by atoms with van der Waals surface area (Å²) >= 11 is 1.61. The van der Waals surface area contributed by atoms with E-state index in [1.54, 1.807) is 11.3 Å². The second kappa shape index (κ2) is 7.05. The van der Waals surface area contributed by atoms with Crippen LogP contribution in [0.25, 0.3) is 10.2 Å². The number of pyridine rings is 1. The fourth-order valence-corrected chi connectivity index (χ4v) is 4.43. The Hall–Kier alpha value is -2.67.